The van der Waals surface area contributed by atoms with E-state index in [1.165, 1.54) is 0 Å². The Morgan fingerprint density at radius 1 is 1.40 bits per heavy atom. The molecule has 4 nitrogen and oxygen atoms in total. The molecule has 1 aromatic rings. The minimum absolute atomic E-state index is 0.415. The van der Waals surface area contributed by atoms with Gasteiger partial charge in [0.2, 0.25) is 0 Å². The summed E-state index contributed by atoms with van der Waals surface area (Å²) in [5.41, 5.74) is 1.55. The van der Waals surface area contributed by atoms with Crippen LogP contribution in [-0.4, -0.2) is 27.8 Å². The van der Waals surface area contributed by atoms with E-state index in [9.17, 15) is 5.26 Å². The van der Waals surface area contributed by atoms with Crippen molar-refractivity contribution in [1.82, 2.24) is 15.3 Å². The molecule has 1 fully saturated rings. The van der Waals surface area contributed by atoms with Gasteiger partial charge in [0.15, 0.2) is 5.16 Å². The van der Waals surface area contributed by atoms with Crippen LogP contribution < -0.4 is 5.32 Å². The maximum absolute atomic E-state index is 9.63. The minimum Gasteiger partial charge on any atom is -0.298 e. The summed E-state index contributed by atoms with van der Waals surface area (Å²) in [6.07, 6.45) is 3.35. The summed E-state index contributed by atoms with van der Waals surface area (Å²) in [6, 6.07) is 4.49. The first-order chi connectivity index (χ1) is 9.59. The topological polar surface area (TPSA) is 61.6 Å². The molecule has 1 unspecified atom stereocenters. The molecule has 1 aromatic heterocycles. The second kappa shape index (κ2) is 6.55. The Labute approximate surface area is 125 Å². The first kappa shape index (κ1) is 15.3. The summed E-state index contributed by atoms with van der Waals surface area (Å²) in [5.74, 6) is 1.20. The Morgan fingerprint density at radius 2 is 2.05 bits per heavy atom. The van der Waals surface area contributed by atoms with Crippen molar-refractivity contribution in [1.29, 1.82) is 5.26 Å². The van der Waals surface area contributed by atoms with Gasteiger partial charge in [-0.3, -0.25) is 5.32 Å². The van der Waals surface area contributed by atoms with Crippen LogP contribution >= 0.6 is 11.8 Å². The van der Waals surface area contributed by atoms with Gasteiger partial charge in [-0.15, -0.1) is 0 Å². The van der Waals surface area contributed by atoms with Gasteiger partial charge in [0.1, 0.15) is 5.54 Å². The van der Waals surface area contributed by atoms with Crippen molar-refractivity contribution in [2.24, 2.45) is 5.92 Å². The lowest BCUT2D eigenvalue weighted by molar-refractivity contribution is 0.405. The molecule has 0 spiro atoms. The third-order valence-corrected chi connectivity index (χ3v) is 4.60. The Balaban J connectivity index is 2.06. The van der Waals surface area contributed by atoms with Crippen LogP contribution in [-0.2, 0) is 0 Å². The quantitative estimate of drug-likeness (QED) is 0.618. The van der Waals surface area contributed by atoms with Crippen molar-refractivity contribution in [3.05, 3.63) is 17.5 Å². The van der Waals surface area contributed by atoms with Gasteiger partial charge >= 0.3 is 0 Å². The standard InChI is InChI=1S/C15H22N4S/c1-4-7-17-15(9-16,13-5-6-13)10-20-14-18-11(2)8-12(3)19-14/h8,13,17H,4-7,10H2,1-3H3. The van der Waals surface area contributed by atoms with Gasteiger partial charge in [-0.1, -0.05) is 18.7 Å². The molecule has 0 radical (unpaired) electrons. The zero-order chi connectivity index (χ0) is 14.6. The number of nitrogens with one attached hydrogen (secondary N) is 1. The number of aromatic nitrogens is 2. The third-order valence-electron chi connectivity index (χ3n) is 3.55. The van der Waals surface area contributed by atoms with Crippen LogP contribution in [0.4, 0.5) is 0 Å². The number of aryl methyl sites for hydroxylation is 2. The van der Waals surface area contributed by atoms with E-state index in [4.69, 9.17) is 0 Å². The lowest BCUT2D eigenvalue weighted by Gasteiger charge is -2.27. The highest BCUT2D eigenvalue weighted by molar-refractivity contribution is 7.99. The van der Waals surface area contributed by atoms with Crippen molar-refractivity contribution in [3.8, 4) is 6.07 Å². The normalized spacial score (nSPS) is 17.5. The van der Waals surface area contributed by atoms with Gasteiger partial charge in [0.25, 0.3) is 0 Å². The number of nitrogens with zero attached hydrogens (tertiary/aromatic N) is 3. The predicted octanol–water partition coefficient (Wildman–Crippen LogP) is 2.86. The van der Waals surface area contributed by atoms with Gasteiger partial charge in [0, 0.05) is 17.1 Å². The predicted molar refractivity (Wildman–Crippen MR) is 81.6 cm³/mol. The molecule has 1 atom stereocenters. The molecule has 1 saturated carbocycles. The van der Waals surface area contributed by atoms with Gasteiger partial charge < -0.3 is 0 Å². The molecule has 0 amide bonds. The first-order valence-corrected chi connectivity index (χ1v) is 8.19. The van der Waals surface area contributed by atoms with E-state index in [0.29, 0.717) is 5.92 Å². The zero-order valence-corrected chi connectivity index (χ0v) is 13.3. The van der Waals surface area contributed by atoms with Crippen molar-refractivity contribution < 1.29 is 0 Å². The van der Waals surface area contributed by atoms with Gasteiger partial charge in [-0.2, -0.15) is 5.26 Å². The Bertz CT molecular complexity index is 487. The number of nitriles is 1. The molecule has 2 rings (SSSR count). The minimum atomic E-state index is -0.415. The van der Waals surface area contributed by atoms with Crippen molar-refractivity contribution in [2.45, 2.75) is 50.7 Å². The van der Waals surface area contributed by atoms with E-state index in [2.05, 4.69) is 28.3 Å². The van der Waals surface area contributed by atoms with E-state index < -0.39 is 5.54 Å². The van der Waals surface area contributed by atoms with E-state index in [-0.39, 0.29) is 0 Å². The molecular formula is C15H22N4S. The highest BCUT2D eigenvalue weighted by atomic mass is 32.2. The van der Waals surface area contributed by atoms with E-state index >= 15 is 0 Å². The van der Waals surface area contributed by atoms with Gasteiger partial charge in [-0.25, -0.2) is 9.97 Å². The lowest BCUT2D eigenvalue weighted by Crippen LogP contribution is -2.48. The van der Waals surface area contributed by atoms with Gasteiger partial charge in [0.05, 0.1) is 6.07 Å². The molecule has 0 aliphatic heterocycles. The molecule has 108 valence electrons. The Hall–Kier alpha value is -1.12. The first-order valence-electron chi connectivity index (χ1n) is 7.21. The largest absolute Gasteiger partial charge is 0.298 e. The van der Waals surface area contributed by atoms with E-state index in [0.717, 1.165) is 48.1 Å². The fourth-order valence-electron chi connectivity index (χ4n) is 2.34. The molecule has 1 N–H and O–H groups in total. The monoisotopic (exact) mass is 290 g/mol. The second-order valence-electron chi connectivity index (χ2n) is 5.51. The molecule has 0 aromatic carbocycles. The van der Waals surface area contributed by atoms with Crippen LogP contribution in [0, 0.1) is 31.1 Å². The Morgan fingerprint density at radius 3 is 2.55 bits per heavy atom. The van der Waals surface area contributed by atoms with Gasteiger partial charge in [-0.05, 0) is 51.6 Å². The van der Waals surface area contributed by atoms with Crippen molar-refractivity contribution in [2.75, 3.05) is 12.3 Å². The van der Waals surface area contributed by atoms with Crippen LogP contribution in [0.15, 0.2) is 11.2 Å². The fourth-order valence-corrected chi connectivity index (χ4v) is 3.51. The molecule has 1 aliphatic rings. The highest BCUT2D eigenvalue weighted by Crippen LogP contribution is 2.41. The van der Waals surface area contributed by atoms with E-state index in [1.807, 2.05) is 19.9 Å². The van der Waals surface area contributed by atoms with Crippen LogP contribution in [0.5, 0.6) is 0 Å². The molecule has 5 heteroatoms. The fraction of sp³-hybridized carbons (Fsp3) is 0.667. The maximum Gasteiger partial charge on any atom is 0.188 e. The molecule has 0 saturated heterocycles. The third kappa shape index (κ3) is 3.71. The number of rotatable bonds is 7. The Kier molecular flexibility index (Phi) is 5.00. The summed E-state index contributed by atoms with van der Waals surface area (Å²) in [4.78, 5) is 8.89. The summed E-state index contributed by atoms with van der Waals surface area (Å²) in [6.45, 7) is 6.97. The zero-order valence-electron chi connectivity index (χ0n) is 12.4. The maximum atomic E-state index is 9.63. The number of hydrogen-bond donors (Lipinski definition) is 1. The molecule has 0 bridgehead atoms. The van der Waals surface area contributed by atoms with Crippen LogP contribution in [0.2, 0.25) is 0 Å². The van der Waals surface area contributed by atoms with Crippen LogP contribution in [0.1, 0.15) is 37.6 Å². The smallest absolute Gasteiger partial charge is 0.188 e. The average Bonchev–Trinajstić information content (AvgIpc) is 3.23. The summed E-state index contributed by atoms with van der Waals surface area (Å²) in [7, 11) is 0. The second-order valence-corrected chi connectivity index (χ2v) is 6.45. The molecular weight excluding hydrogens is 268 g/mol. The average molecular weight is 290 g/mol. The molecule has 1 aliphatic carbocycles. The van der Waals surface area contributed by atoms with Crippen molar-refractivity contribution >= 4 is 11.8 Å². The highest BCUT2D eigenvalue weighted by Gasteiger charge is 2.45. The molecule has 20 heavy (non-hydrogen) atoms. The summed E-state index contributed by atoms with van der Waals surface area (Å²) < 4.78 is 0. The summed E-state index contributed by atoms with van der Waals surface area (Å²) in [5, 5.41) is 13.9. The number of thioether (sulfide) groups is 1. The lowest BCUT2D eigenvalue weighted by atomic mass is 9.97. The SMILES string of the molecule is CCCNC(C#N)(CSc1nc(C)cc(C)n1)C1CC1. The van der Waals surface area contributed by atoms with E-state index in [1.54, 1.807) is 11.8 Å². The number of hydrogen-bond acceptors (Lipinski definition) is 5. The summed E-state index contributed by atoms with van der Waals surface area (Å²) >= 11 is 1.59. The van der Waals surface area contributed by atoms with Crippen molar-refractivity contribution in [3.63, 3.8) is 0 Å². The molecule has 1 heterocycles. The van der Waals surface area contributed by atoms with Crippen LogP contribution in [0.3, 0.4) is 0 Å². The van der Waals surface area contributed by atoms with Crippen LogP contribution in [0.25, 0.3) is 0 Å².